The molecule has 0 heterocycles. The van der Waals surface area contributed by atoms with Crippen molar-refractivity contribution in [3.05, 3.63) is 12.2 Å². The minimum Gasteiger partial charge on any atom is -0.317 e. The lowest BCUT2D eigenvalue weighted by Gasteiger charge is -2.26. The highest BCUT2D eigenvalue weighted by molar-refractivity contribution is 5.01. The Bertz CT molecular complexity index is 225. The van der Waals surface area contributed by atoms with E-state index in [0.717, 1.165) is 12.8 Å². The Hall–Kier alpha value is -0.500. The van der Waals surface area contributed by atoms with Crippen molar-refractivity contribution in [1.82, 2.24) is 16.2 Å². The van der Waals surface area contributed by atoms with Crippen LogP contribution in [0.15, 0.2) is 12.2 Å². The Morgan fingerprint density at radius 1 is 1.31 bits per heavy atom. The first-order chi connectivity index (χ1) is 7.72. The minimum absolute atomic E-state index is 0.0856. The first kappa shape index (κ1) is 13.6. The quantitative estimate of drug-likeness (QED) is 0.476. The molecule has 94 valence electrons. The lowest BCUT2D eigenvalue weighted by atomic mass is 10.0. The summed E-state index contributed by atoms with van der Waals surface area (Å²) in [5.74, 6) is 0.288. The average Bonchev–Trinajstić information content (AvgIpc) is 2.48. The Morgan fingerprint density at radius 3 is 2.62 bits per heavy atom. The summed E-state index contributed by atoms with van der Waals surface area (Å²) in [7, 11) is 3.11. The van der Waals surface area contributed by atoms with Crippen molar-refractivity contribution in [2.45, 2.75) is 31.8 Å². The predicted molar refractivity (Wildman–Crippen MR) is 59.0 cm³/mol. The zero-order valence-corrected chi connectivity index (χ0v) is 10.0. The van der Waals surface area contributed by atoms with Crippen LogP contribution in [-0.4, -0.2) is 36.7 Å². The molecule has 1 rings (SSSR count). The SMILES string of the molecule is CONN(OC)C1C=CC(C)C(NO)CC1. The maximum atomic E-state index is 9.00. The normalized spacial score (nSPS) is 30.7. The standard InChI is InChI=1S/C10H21N3O3/c1-8-4-5-9(6-7-10(8)11-14)13(16-3)12-15-2/h4-5,8-12,14H,6-7H2,1-3H3. The molecule has 3 atom stereocenters. The molecule has 0 aromatic rings. The number of hydroxylamine groups is 2. The van der Waals surface area contributed by atoms with Crippen LogP contribution >= 0.6 is 0 Å². The van der Waals surface area contributed by atoms with Crippen molar-refractivity contribution < 1.29 is 14.9 Å². The Labute approximate surface area is 96.0 Å². The molecule has 0 bridgehead atoms. The van der Waals surface area contributed by atoms with E-state index in [1.807, 2.05) is 0 Å². The minimum atomic E-state index is 0.0856. The van der Waals surface area contributed by atoms with Crippen LogP contribution in [-0.2, 0) is 9.68 Å². The van der Waals surface area contributed by atoms with E-state index in [0.29, 0.717) is 0 Å². The second-order valence-electron chi connectivity index (χ2n) is 3.93. The van der Waals surface area contributed by atoms with Crippen molar-refractivity contribution in [3.63, 3.8) is 0 Å². The summed E-state index contributed by atoms with van der Waals surface area (Å²) < 4.78 is 0. The maximum absolute atomic E-state index is 9.00. The molecule has 0 saturated heterocycles. The molecule has 0 aliphatic heterocycles. The van der Waals surface area contributed by atoms with Gasteiger partial charge in [-0.15, -0.1) is 5.59 Å². The zero-order chi connectivity index (χ0) is 12.0. The number of hydrogen-bond donors (Lipinski definition) is 3. The van der Waals surface area contributed by atoms with E-state index >= 15 is 0 Å². The third kappa shape index (κ3) is 3.51. The fraction of sp³-hybridized carbons (Fsp3) is 0.800. The monoisotopic (exact) mass is 231 g/mol. The lowest BCUT2D eigenvalue weighted by Crippen LogP contribution is -2.43. The van der Waals surface area contributed by atoms with Gasteiger partial charge in [0, 0.05) is 6.04 Å². The largest absolute Gasteiger partial charge is 0.317 e. The van der Waals surface area contributed by atoms with Crippen LogP contribution in [0.1, 0.15) is 19.8 Å². The number of rotatable bonds is 5. The second kappa shape index (κ2) is 6.95. The topological polar surface area (TPSA) is 66.0 Å². The van der Waals surface area contributed by atoms with E-state index in [9.17, 15) is 0 Å². The van der Waals surface area contributed by atoms with Gasteiger partial charge in [-0.05, 0) is 18.8 Å². The Balaban J connectivity index is 2.59. The Kier molecular flexibility index (Phi) is 5.89. The average molecular weight is 231 g/mol. The maximum Gasteiger partial charge on any atom is 0.0716 e. The molecule has 0 aromatic carbocycles. The summed E-state index contributed by atoms with van der Waals surface area (Å²) in [6, 6.07) is 0.174. The van der Waals surface area contributed by atoms with Crippen molar-refractivity contribution in [1.29, 1.82) is 0 Å². The number of hydrogen-bond acceptors (Lipinski definition) is 6. The highest BCUT2D eigenvalue weighted by Crippen LogP contribution is 2.20. The fourth-order valence-corrected chi connectivity index (χ4v) is 1.85. The summed E-state index contributed by atoms with van der Waals surface area (Å²) in [6.45, 7) is 2.06. The first-order valence-corrected chi connectivity index (χ1v) is 5.42. The van der Waals surface area contributed by atoms with Gasteiger partial charge in [0.25, 0.3) is 0 Å². The van der Waals surface area contributed by atoms with Gasteiger partial charge < -0.3 is 5.21 Å². The van der Waals surface area contributed by atoms with Gasteiger partial charge in [0.2, 0.25) is 0 Å². The molecule has 0 aromatic heterocycles. The molecule has 0 amide bonds. The molecule has 3 unspecified atom stereocenters. The van der Waals surface area contributed by atoms with Gasteiger partial charge in [-0.2, -0.15) is 0 Å². The second-order valence-corrected chi connectivity index (χ2v) is 3.93. The van der Waals surface area contributed by atoms with Gasteiger partial charge in [0.15, 0.2) is 0 Å². The van der Waals surface area contributed by atoms with Gasteiger partial charge in [0.05, 0.1) is 20.3 Å². The number of hydrazine groups is 1. The molecule has 16 heavy (non-hydrogen) atoms. The summed E-state index contributed by atoms with van der Waals surface area (Å²) in [5, 5.41) is 10.5. The van der Waals surface area contributed by atoms with Crippen molar-refractivity contribution in [2.75, 3.05) is 14.2 Å². The van der Waals surface area contributed by atoms with E-state index in [1.54, 1.807) is 12.3 Å². The first-order valence-electron chi connectivity index (χ1n) is 5.42. The molecule has 6 nitrogen and oxygen atoms in total. The third-order valence-electron chi connectivity index (χ3n) is 2.89. The van der Waals surface area contributed by atoms with Gasteiger partial charge in [-0.25, -0.2) is 5.48 Å². The predicted octanol–water partition coefficient (Wildman–Crippen LogP) is 0.618. The van der Waals surface area contributed by atoms with E-state index in [1.165, 1.54) is 7.11 Å². The van der Waals surface area contributed by atoms with Crippen LogP contribution in [0, 0.1) is 5.92 Å². The van der Waals surface area contributed by atoms with Crippen molar-refractivity contribution >= 4 is 0 Å². The van der Waals surface area contributed by atoms with Crippen LogP contribution in [0.4, 0.5) is 0 Å². The molecule has 0 spiro atoms. The van der Waals surface area contributed by atoms with Crippen LogP contribution < -0.4 is 11.1 Å². The molecule has 0 saturated carbocycles. The van der Waals surface area contributed by atoms with Crippen LogP contribution in [0.5, 0.6) is 0 Å². The van der Waals surface area contributed by atoms with E-state index < -0.39 is 0 Å². The molecule has 1 aliphatic rings. The highest BCUT2D eigenvalue weighted by Gasteiger charge is 2.23. The molecular weight excluding hydrogens is 210 g/mol. The van der Waals surface area contributed by atoms with Crippen LogP contribution in [0.25, 0.3) is 0 Å². The number of nitrogens with one attached hydrogen (secondary N) is 2. The summed E-state index contributed by atoms with van der Waals surface area (Å²) in [6.07, 6.45) is 5.84. The van der Waals surface area contributed by atoms with Crippen LogP contribution in [0.2, 0.25) is 0 Å². The summed E-state index contributed by atoms with van der Waals surface area (Å²) in [4.78, 5) is 9.97. The molecule has 0 fully saturated rings. The van der Waals surface area contributed by atoms with Gasteiger partial charge in [-0.1, -0.05) is 24.2 Å². The third-order valence-corrected chi connectivity index (χ3v) is 2.89. The summed E-state index contributed by atoms with van der Waals surface area (Å²) in [5.41, 5.74) is 5.00. The zero-order valence-electron chi connectivity index (χ0n) is 10.0. The van der Waals surface area contributed by atoms with Crippen molar-refractivity contribution in [2.24, 2.45) is 5.92 Å². The molecule has 0 radical (unpaired) electrons. The van der Waals surface area contributed by atoms with E-state index in [2.05, 4.69) is 30.1 Å². The van der Waals surface area contributed by atoms with Crippen LogP contribution in [0.3, 0.4) is 0 Å². The highest BCUT2D eigenvalue weighted by atomic mass is 16.8. The number of nitrogens with zero attached hydrogens (tertiary/aromatic N) is 1. The van der Waals surface area contributed by atoms with Crippen molar-refractivity contribution in [3.8, 4) is 0 Å². The lowest BCUT2D eigenvalue weighted by molar-refractivity contribution is -0.264. The van der Waals surface area contributed by atoms with Gasteiger partial charge >= 0.3 is 0 Å². The molecule has 3 N–H and O–H groups in total. The van der Waals surface area contributed by atoms with Gasteiger partial charge in [0.1, 0.15) is 0 Å². The fourth-order valence-electron chi connectivity index (χ4n) is 1.85. The summed E-state index contributed by atoms with van der Waals surface area (Å²) >= 11 is 0. The van der Waals surface area contributed by atoms with Gasteiger partial charge in [-0.3, -0.25) is 9.68 Å². The molecular formula is C10H21N3O3. The Morgan fingerprint density at radius 2 is 2.06 bits per heavy atom. The molecule has 6 heteroatoms. The van der Waals surface area contributed by atoms with E-state index in [-0.39, 0.29) is 18.0 Å². The van der Waals surface area contributed by atoms with E-state index in [4.69, 9.17) is 14.9 Å². The smallest absolute Gasteiger partial charge is 0.0716 e. The molecule has 1 aliphatic carbocycles.